The van der Waals surface area contributed by atoms with E-state index in [1.807, 2.05) is 13.0 Å². The van der Waals surface area contributed by atoms with Crippen molar-refractivity contribution in [1.82, 2.24) is 0 Å². The van der Waals surface area contributed by atoms with Gasteiger partial charge in [0, 0.05) is 14.8 Å². The minimum Gasteiger partial charge on any atom is -0.122 e. The third-order valence-corrected chi connectivity index (χ3v) is 3.35. The zero-order valence-electron chi connectivity index (χ0n) is 6.00. The van der Waals surface area contributed by atoms with E-state index in [0.29, 0.717) is 5.88 Å². The van der Waals surface area contributed by atoms with Crippen LogP contribution in [-0.2, 0) is 5.88 Å². The largest absolute Gasteiger partial charge is 0.122 e. The van der Waals surface area contributed by atoms with Crippen molar-refractivity contribution in [2.24, 2.45) is 0 Å². The number of rotatable bonds is 1. The van der Waals surface area contributed by atoms with Gasteiger partial charge in [0.1, 0.15) is 0 Å². The maximum Gasteiger partial charge on any atom is 0.0485 e. The van der Waals surface area contributed by atoms with Gasteiger partial charge in [0.25, 0.3) is 0 Å². The van der Waals surface area contributed by atoms with Gasteiger partial charge in [0.15, 0.2) is 0 Å². The molecule has 0 aliphatic heterocycles. The normalized spacial score (nSPS) is 10.2. The molecule has 0 bridgehead atoms. The van der Waals surface area contributed by atoms with Crippen LogP contribution < -0.4 is 0 Å². The van der Waals surface area contributed by atoms with Gasteiger partial charge < -0.3 is 0 Å². The van der Waals surface area contributed by atoms with Crippen molar-refractivity contribution in [3.63, 3.8) is 0 Å². The molecule has 11 heavy (non-hydrogen) atoms. The highest BCUT2D eigenvalue weighted by atomic mass is 79.9. The van der Waals surface area contributed by atoms with Crippen LogP contribution in [-0.4, -0.2) is 0 Å². The monoisotopic (exact) mass is 296 g/mol. The lowest BCUT2D eigenvalue weighted by molar-refractivity contribution is 1.30. The molecule has 0 aliphatic rings. The first-order chi connectivity index (χ1) is 5.15. The molecule has 0 spiro atoms. The van der Waals surface area contributed by atoms with Crippen LogP contribution in [0.1, 0.15) is 11.1 Å². The molecule has 0 aromatic heterocycles. The Balaban J connectivity index is 3.21. The van der Waals surface area contributed by atoms with E-state index in [0.717, 1.165) is 14.5 Å². The Morgan fingerprint density at radius 3 is 2.45 bits per heavy atom. The van der Waals surface area contributed by atoms with Gasteiger partial charge in [-0.1, -0.05) is 37.9 Å². The Bertz CT molecular complexity index is 271. The molecular weight excluding hydrogens is 291 g/mol. The summed E-state index contributed by atoms with van der Waals surface area (Å²) in [4.78, 5) is 0. The molecule has 0 heterocycles. The molecule has 0 saturated carbocycles. The van der Waals surface area contributed by atoms with Crippen LogP contribution in [0.4, 0.5) is 0 Å². The van der Waals surface area contributed by atoms with Crippen molar-refractivity contribution in [3.05, 3.63) is 32.2 Å². The summed E-state index contributed by atoms with van der Waals surface area (Å²) >= 11 is 12.6. The average Bonchev–Trinajstić information content (AvgIpc) is 1.97. The summed E-state index contributed by atoms with van der Waals surface area (Å²) in [6, 6.07) is 4.09. The van der Waals surface area contributed by atoms with E-state index in [4.69, 9.17) is 11.6 Å². The van der Waals surface area contributed by atoms with Crippen LogP contribution in [0.25, 0.3) is 0 Å². The fourth-order valence-corrected chi connectivity index (χ4v) is 2.34. The second-order valence-electron chi connectivity index (χ2n) is 2.33. The van der Waals surface area contributed by atoms with Gasteiger partial charge in [-0.05, 0) is 24.1 Å². The molecule has 0 unspecified atom stereocenters. The minimum atomic E-state index is 0.550. The first-order valence-electron chi connectivity index (χ1n) is 3.15. The Kier molecular flexibility index (Phi) is 3.41. The summed E-state index contributed by atoms with van der Waals surface area (Å²) in [5, 5.41) is 0. The molecule has 0 amide bonds. The number of hydrogen-bond donors (Lipinski definition) is 0. The third-order valence-electron chi connectivity index (χ3n) is 1.47. The van der Waals surface area contributed by atoms with Gasteiger partial charge in [-0.2, -0.15) is 0 Å². The minimum absolute atomic E-state index is 0.550. The van der Waals surface area contributed by atoms with Gasteiger partial charge >= 0.3 is 0 Å². The third kappa shape index (κ3) is 2.20. The summed E-state index contributed by atoms with van der Waals surface area (Å²) < 4.78 is 2.17. The summed E-state index contributed by atoms with van der Waals surface area (Å²) in [5.41, 5.74) is 2.34. The van der Waals surface area contributed by atoms with Crippen molar-refractivity contribution in [2.75, 3.05) is 0 Å². The van der Waals surface area contributed by atoms with Crippen molar-refractivity contribution >= 4 is 43.5 Å². The second-order valence-corrected chi connectivity index (χ2v) is 4.30. The van der Waals surface area contributed by atoms with Crippen LogP contribution in [0.2, 0.25) is 0 Å². The van der Waals surface area contributed by atoms with Gasteiger partial charge in [-0.25, -0.2) is 0 Å². The molecule has 0 saturated heterocycles. The Hall–Kier alpha value is 0.470. The van der Waals surface area contributed by atoms with Crippen LogP contribution >= 0.6 is 43.5 Å². The van der Waals surface area contributed by atoms with Crippen molar-refractivity contribution in [3.8, 4) is 0 Å². The maximum absolute atomic E-state index is 5.71. The molecule has 0 N–H and O–H groups in total. The van der Waals surface area contributed by atoms with E-state index in [1.54, 1.807) is 0 Å². The molecule has 1 rings (SSSR count). The number of halogens is 3. The fourth-order valence-electron chi connectivity index (χ4n) is 0.819. The summed E-state index contributed by atoms with van der Waals surface area (Å²) in [6.07, 6.45) is 0. The lowest BCUT2D eigenvalue weighted by Gasteiger charge is -2.03. The molecule has 0 atom stereocenters. The number of hydrogen-bond acceptors (Lipinski definition) is 0. The number of aryl methyl sites for hydroxylation is 1. The summed E-state index contributed by atoms with van der Waals surface area (Å²) in [6.45, 7) is 2.05. The molecule has 0 nitrogen and oxygen atoms in total. The first kappa shape index (κ1) is 9.56. The van der Waals surface area contributed by atoms with Crippen molar-refractivity contribution in [1.29, 1.82) is 0 Å². The molecule has 1 aromatic carbocycles. The fraction of sp³-hybridized carbons (Fsp3) is 0.250. The Labute approximate surface area is 88.2 Å². The van der Waals surface area contributed by atoms with Gasteiger partial charge in [0.2, 0.25) is 0 Å². The van der Waals surface area contributed by atoms with Gasteiger partial charge in [-0.15, -0.1) is 11.6 Å². The predicted molar refractivity (Wildman–Crippen MR) is 56.1 cm³/mol. The van der Waals surface area contributed by atoms with Crippen molar-refractivity contribution in [2.45, 2.75) is 12.8 Å². The summed E-state index contributed by atoms with van der Waals surface area (Å²) in [5.74, 6) is 0.550. The predicted octanol–water partition coefficient (Wildman–Crippen LogP) is 4.26. The highest BCUT2D eigenvalue weighted by Gasteiger charge is 2.01. The average molecular weight is 298 g/mol. The van der Waals surface area contributed by atoms with Gasteiger partial charge in [0.05, 0.1) is 0 Å². The van der Waals surface area contributed by atoms with E-state index < -0.39 is 0 Å². The molecule has 0 aliphatic carbocycles. The molecule has 3 heteroatoms. The van der Waals surface area contributed by atoms with Crippen LogP contribution in [0.15, 0.2) is 21.1 Å². The van der Waals surface area contributed by atoms with Crippen LogP contribution in [0.5, 0.6) is 0 Å². The molecule has 1 aromatic rings. The Morgan fingerprint density at radius 1 is 1.27 bits per heavy atom. The highest BCUT2D eigenvalue weighted by Crippen LogP contribution is 2.26. The lowest BCUT2D eigenvalue weighted by Crippen LogP contribution is -1.83. The quantitative estimate of drug-likeness (QED) is 0.680. The van der Waals surface area contributed by atoms with E-state index in [-0.39, 0.29) is 0 Å². The van der Waals surface area contributed by atoms with Gasteiger partial charge in [-0.3, -0.25) is 0 Å². The number of benzene rings is 1. The second kappa shape index (κ2) is 3.92. The van der Waals surface area contributed by atoms with E-state index >= 15 is 0 Å². The van der Waals surface area contributed by atoms with E-state index in [1.165, 1.54) is 5.56 Å². The summed E-state index contributed by atoms with van der Waals surface area (Å²) in [7, 11) is 0. The molecule has 60 valence electrons. The van der Waals surface area contributed by atoms with Crippen molar-refractivity contribution < 1.29 is 0 Å². The Morgan fingerprint density at radius 2 is 1.91 bits per heavy atom. The zero-order valence-corrected chi connectivity index (χ0v) is 9.92. The molecule has 0 fully saturated rings. The SMILES string of the molecule is Cc1cc(CCl)c(Br)cc1Br. The smallest absolute Gasteiger partial charge is 0.0485 e. The highest BCUT2D eigenvalue weighted by molar-refractivity contribution is 9.11. The first-order valence-corrected chi connectivity index (χ1v) is 5.27. The van der Waals surface area contributed by atoms with E-state index in [9.17, 15) is 0 Å². The maximum atomic E-state index is 5.71. The van der Waals surface area contributed by atoms with Crippen LogP contribution in [0, 0.1) is 6.92 Å². The lowest BCUT2D eigenvalue weighted by atomic mass is 10.2. The topological polar surface area (TPSA) is 0 Å². The molecular formula is C8H7Br2Cl. The number of alkyl halides is 1. The van der Waals surface area contributed by atoms with Crippen LogP contribution in [0.3, 0.4) is 0 Å². The molecule has 0 radical (unpaired) electrons. The van der Waals surface area contributed by atoms with E-state index in [2.05, 4.69) is 37.9 Å². The zero-order chi connectivity index (χ0) is 8.43. The standard InChI is InChI=1S/C8H7Br2Cl/c1-5-2-6(4-11)8(10)3-7(5)9/h2-3H,4H2,1H3.